The first-order valence-electron chi connectivity index (χ1n) is 11.8. The molecule has 0 fully saturated rings. The summed E-state index contributed by atoms with van der Waals surface area (Å²) in [6, 6.07) is 17.5. The maximum Gasteiger partial charge on any atom is 0.244 e. The van der Waals surface area contributed by atoms with Crippen LogP contribution >= 0.6 is 0 Å². The number of benzene rings is 3. The highest BCUT2D eigenvalue weighted by atomic mass is 16.7. The molecule has 0 aromatic heterocycles. The van der Waals surface area contributed by atoms with Crippen molar-refractivity contribution in [3.8, 4) is 28.7 Å². The topological polar surface area (TPSA) is 75.3 Å². The van der Waals surface area contributed by atoms with Crippen LogP contribution in [0.4, 0.5) is 0 Å². The van der Waals surface area contributed by atoms with Crippen LogP contribution in [0.25, 0.3) is 6.08 Å². The predicted molar refractivity (Wildman–Crippen MR) is 138 cm³/mol. The number of methoxy groups -OCH3 is 2. The second-order valence-electron chi connectivity index (χ2n) is 8.54. The summed E-state index contributed by atoms with van der Waals surface area (Å²) in [5.41, 5.74) is 3.86. The minimum absolute atomic E-state index is 0.0328. The number of fused-ring (bicyclic) bond motifs is 1. The fourth-order valence-electron chi connectivity index (χ4n) is 4.01. The molecule has 0 aliphatic carbocycles. The van der Waals surface area contributed by atoms with E-state index in [2.05, 4.69) is 5.32 Å². The highest BCUT2D eigenvalue weighted by Gasteiger charge is 2.21. The van der Waals surface area contributed by atoms with Crippen molar-refractivity contribution in [3.63, 3.8) is 0 Å². The largest absolute Gasteiger partial charge is 0.493 e. The molecular formula is C29H31NO6. The molecule has 1 unspecified atom stereocenters. The Labute approximate surface area is 211 Å². The highest BCUT2D eigenvalue weighted by molar-refractivity contribution is 5.92. The second kappa shape index (κ2) is 11.5. The first kappa shape index (κ1) is 25.0. The Bertz CT molecular complexity index is 1240. The summed E-state index contributed by atoms with van der Waals surface area (Å²) in [6.07, 6.45) is 3.30. The number of hydrogen-bond donors (Lipinski definition) is 1. The number of amides is 1. The van der Waals surface area contributed by atoms with E-state index in [1.165, 1.54) is 6.08 Å². The summed E-state index contributed by atoms with van der Waals surface area (Å²) in [6.45, 7) is 5.01. The van der Waals surface area contributed by atoms with Gasteiger partial charge in [0.25, 0.3) is 0 Å². The summed E-state index contributed by atoms with van der Waals surface area (Å²) < 4.78 is 28.2. The normalized spacial score (nSPS) is 12.9. The fraction of sp³-hybridized carbons (Fsp3) is 0.276. The number of hydrogen-bond acceptors (Lipinski definition) is 6. The Kier molecular flexibility index (Phi) is 8.00. The molecule has 4 rings (SSSR count). The van der Waals surface area contributed by atoms with Crippen molar-refractivity contribution in [3.05, 3.63) is 82.9 Å². The molecule has 1 heterocycles. The average Bonchev–Trinajstić information content (AvgIpc) is 3.36. The molecule has 3 aromatic carbocycles. The van der Waals surface area contributed by atoms with Gasteiger partial charge in [0.15, 0.2) is 23.0 Å². The first-order chi connectivity index (χ1) is 17.5. The van der Waals surface area contributed by atoms with Gasteiger partial charge in [0, 0.05) is 24.1 Å². The molecule has 3 aromatic rings. The van der Waals surface area contributed by atoms with E-state index in [9.17, 15) is 4.79 Å². The van der Waals surface area contributed by atoms with Gasteiger partial charge in [-0.2, -0.15) is 0 Å². The van der Waals surface area contributed by atoms with Crippen LogP contribution in [0.3, 0.4) is 0 Å². The average molecular weight is 490 g/mol. The monoisotopic (exact) mass is 489 g/mol. The minimum atomic E-state index is -0.188. The van der Waals surface area contributed by atoms with Gasteiger partial charge in [0.1, 0.15) is 6.61 Å². The van der Waals surface area contributed by atoms with E-state index in [0.717, 1.165) is 28.0 Å². The van der Waals surface area contributed by atoms with Crippen molar-refractivity contribution in [2.75, 3.05) is 27.6 Å². The number of nitrogens with one attached hydrogen (secondary N) is 1. The summed E-state index contributed by atoms with van der Waals surface area (Å²) in [5, 5.41) is 2.97. The predicted octanol–water partition coefficient (Wildman–Crippen LogP) is 5.25. The van der Waals surface area contributed by atoms with Crippen LogP contribution in [0.1, 0.15) is 35.1 Å². The zero-order chi connectivity index (χ0) is 25.5. The number of ether oxygens (including phenoxy) is 5. The Morgan fingerprint density at radius 1 is 1.03 bits per heavy atom. The first-order valence-corrected chi connectivity index (χ1v) is 11.8. The Morgan fingerprint density at radius 2 is 1.78 bits per heavy atom. The van der Waals surface area contributed by atoms with Crippen LogP contribution in [0, 0.1) is 6.92 Å². The van der Waals surface area contributed by atoms with Gasteiger partial charge in [0.05, 0.1) is 14.2 Å². The molecule has 0 saturated carbocycles. The van der Waals surface area contributed by atoms with Gasteiger partial charge in [-0.3, -0.25) is 4.79 Å². The molecule has 1 amide bonds. The molecule has 0 radical (unpaired) electrons. The summed E-state index contributed by atoms with van der Waals surface area (Å²) >= 11 is 0. The third-order valence-electron chi connectivity index (χ3n) is 6.05. The number of aryl methyl sites for hydroxylation is 1. The molecule has 0 bridgehead atoms. The fourth-order valence-corrected chi connectivity index (χ4v) is 4.01. The van der Waals surface area contributed by atoms with Gasteiger partial charge in [-0.1, -0.05) is 43.3 Å². The van der Waals surface area contributed by atoms with E-state index in [-0.39, 0.29) is 18.6 Å². The van der Waals surface area contributed by atoms with Gasteiger partial charge in [-0.25, -0.2) is 0 Å². The Balaban J connectivity index is 1.43. The lowest BCUT2D eigenvalue weighted by Gasteiger charge is -2.21. The summed E-state index contributed by atoms with van der Waals surface area (Å²) in [5.74, 6) is 2.91. The highest BCUT2D eigenvalue weighted by Crippen LogP contribution is 2.43. The maximum atomic E-state index is 12.5. The molecule has 36 heavy (non-hydrogen) atoms. The zero-order valence-electron chi connectivity index (χ0n) is 21.0. The molecule has 188 valence electrons. The Hall–Kier alpha value is -4.13. The number of rotatable bonds is 10. The molecule has 1 atom stereocenters. The van der Waals surface area contributed by atoms with Crippen LogP contribution in [0.5, 0.6) is 28.7 Å². The van der Waals surface area contributed by atoms with Crippen molar-refractivity contribution >= 4 is 12.0 Å². The molecule has 1 N–H and O–H groups in total. The van der Waals surface area contributed by atoms with Crippen LogP contribution in [0.2, 0.25) is 0 Å². The van der Waals surface area contributed by atoms with Gasteiger partial charge < -0.3 is 29.0 Å². The quantitative estimate of drug-likeness (QED) is 0.392. The third-order valence-corrected chi connectivity index (χ3v) is 6.05. The van der Waals surface area contributed by atoms with Gasteiger partial charge in [-0.15, -0.1) is 0 Å². The maximum absolute atomic E-state index is 12.5. The number of carbonyl (C=O) groups is 1. The van der Waals surface area contributed by atoms with Crippen LogP contribution < -0.4 is 29.0 Å². The van der Waals surface area contributed by atoms with E-state index >= 15 is 0 Å². The standard InChI is InChI=1S/C29H31NO6/c1-19-14-25-26(36-18-35-25)15-22(19)10-13-27(31)30-16-20(2)23-11-12-24(32-3)29(28(23)33-4)34-17-21-8-6-5-7-9-21/h5-15,20H,16-18H2,1-4H3,(H,30,31)/b13-10+. The summed E-state index contributed by atoms with van der Waals surface area (Å²) in [4.78, 5) is 12.5. The molecule has 1 aliphatic heterocycles. The zero-order valence-corrected chi connectivity index (χ0v) is 21.0. The van der Waals surface area contributed by atoms with Crippen molar-refractivity contribution in [1.29, 1.82) is 0 Å². The van der Waals surface area contributed by atoms with Gasteiger partial charge in [-0.05, 0) is 47.9 Å². The van der Waals surface area contributed by atoms with E-state index in [1.54, 1.807) is 20.3 Å². The molecule has 1 aliphatic rings. The molecule has 7 nitrogen and oxygen atoms in total. The lowest BCUT2D eigenvalue weighted by molar-refractivity contribution is -0.116. The lowest BCUT2D eigenvalue weighted by Crippen LogP contribution is -2.26. The van der Waals surface area contributed by atoms with Gasteiger partial charge >= 0.3 is 0 Å². The number of carbonyl (C=O) groups excluding carboxylic acids is 1. The van der Waals surface area contributed by atoms with E-state index in [4.69, 9.17) is 23.7 Å². The molecule has 0 spiro atoms. The SMILES string of the molecule is COc1ccc(C(C)CNC(=O)/C=C/c2cc3c(cc2C)OCO3)c(OC)c1OCc1ccccc1. The smallest absolute Gasteiger partial charge is 0.244 e. The van der Waals surface area contributed by atoms with Crippen molar-refractivity contribution in [1.82, 2.24) is 5.32 Å². The van der Waals surface area contributed by atoms with Crippen molar-refractivity contribution in [2.24, 2.45) is 0 Å². The second-order valence-corrected chi connectivity index (χ2v) is 8.54. The van der Waals surface area contributed by atoms with Crippen LogP contribution in [-0.4, -0.2) is 33.5 Å². The van der Waals surface area contributed by atoms with Crippen molar-refractivity contribution in [2.45, 2.75) is 26.4 Å². The Morgan fingerprint density at radius 3 is 2.50 bits per heavy atom. The van der Waals surface area contributed by atoms with Gasteiger partial charge in [0.2, 0.25) is 18.4 Å². The van der Waals surface area contributed by atoms with E-state index in [0.29, 0.717) is 36.1 Å². The van der Waals surface area contributed by atoms with Crippen LogP contribution in [-0.2, 0) is 11.4 Å². The lowest BCUT2D eigenvalue weighted by atomic mass is 9.99. The van der Waals surface area contributed by atoms with Crippen LogP contribution in [0.15, 0.2) is 60.7 Å². The molecule has 0 saturated heterocycles. The van der Waals surface area contributed by atoms with Crippen molar-refractivity contribution < 1.29 is 28.5 Å². The molecule has 7 heteroatoms. The summed E-state index contributed by atoms with van der Waals surface area (Å²) in [7, 11) is 3.21. The minimum Gasteiger partial charge on any atom is -0.493 e. The van der Waals surface area contributed by atoms with E-state index < -0.39 is 0 Å². The molecular weight excluding hydrogens is 458 g/mol. The third kappa shape index (κ3) is 5.74. The van der Waals surface area contributed by atoms with E-state index in [1.807, 2.05) is 68.4 Å².